The molecule has 2 fully saturated rings. The first-order valence-electron chi connectivity index (χ1n) is 7.19. The van der Waals surface area contributed by atoms with Crippen LogP contribution in [0.4, 0.5) is 0 Å². The van der Waals surface area contributed by atoms with Crippen LogP contribution in [0.1, 0.15) is 24.5 Å². The molecular formula is C15H20ClNO3. The summed E-state index contributed by atoms with van der Waals surface area (Å²) in [6.45, 7) is 3.95. The summed E-state index contributed by atoms with van der Waals surface area (Å²) < 4.78 is 17.1. The summed E-state index contributed by atoms with van der Waals surface area (Å²) in [5, 5.41) is 3.96. The average molecular weight is 298 g/mol. The molecule has 2 atom stereocenters. The fourth-order valence-corrected chi connectivity index (χ4v) is 2.81. The van der Waals surface area contributed by atoms with E-state index in [1.165, 1.54) is 0 Å². The number of nitrogens with one attached hydrogen (secondary N) is 1. The number of ether oxygens (including phenoxy) is 3. The highest BCUT2D eigenvalue weighted by molar-refractivity contribution is 6.32. The van der Waals surface area contributed by atoms with Crippen LogP contribution in [0.25, 0.3) is 0 Å². The molecule has 4 nitrogen and oxygen atoms in total. The summed E-state index contributed by atoms with van der Waals surface area (Å²) >= 11 is 6.33. The van der Waals surface area contributed by atoms with Crippen molar-refractivity contribution in [1.82, 2.24) is 5.32 Å². The second kappa shape index (κ2) is 6.76. The third kappa shape index (κ3) is 3.44. The third-order valence-corrected chi connectivity index (χ3v) is 3.96. The van der Waals surface area contributed by atoms with Crippen LogP contribution in [0, 0.1) is 0 Å². The lowest BCUT2D eigenvalue weighted by atomic mass is 10.1. The van der Waals surface area contributed by atoms with Crippen molar-refractivity contribution in [3.63, 3.8) is 0 Å². The lowest BCUT2D eigenvalue weighted by Crippen LogP contribution is -2.33. The van der Waals surface area contributed by atoms with Crippen molar-refractivity contribution in [3.05, 3.63) is 28.8 Å². The lowest BCUT2D eigenvalue weighted by molar-refractivity contribution is 0.00732. The van der Waals surface area contributed by atoms with Crippen molar-refractivity contribution in [3.8, 4) is 5.75 Å². The van der Waals surface area contributed by atoms with E-state index in [1.807, 2.05) is 18.2 Å². The van der Waals surface area contributed by atoms with Gasteiger partial charge in [-0.25, -0.2) is 0 Å². The zero-order valence-electron chi connectivity index (χ0n) is 11.4. The highest BCUT2D eigenvalue weighted by atomic mass is 35.5. The van der Waals surface area contributed by atoms with Gasteiger partial charge in [0.2, 0.25) is 0 Å². The monoisotopic (exact) mass is 297 g/mol. The van der Waals surface area contributed by atoms with Gasteiger partial charge in [-0.05, 0) is 30.5 Å². The van der Waals surface area contributed by atoms with E-state index in [1.54, 1.807) is 0 Å². The third-order valence-electron chi connectivity index (χ3n) is 3.67. The van der Waals surface area contributed by atoms with E-state index in [2.05, 4.69) is 5.32 Å². The summed E-state index contributed by atoms with van der Waals surface area (Å²) in [5.41, 5.74) is 1.09. The average Bonchev–Trinajstić information content (AvgIpc) is 2.51. The summed E-state index contributed by atoms with van der Waals surface area (Å²) in [7, 11) is 0. The molecule has 2 aliphatic rings. The summed E-state index contributed by atoms with van der Waals surface area (Å²) in [6.07, 6.45) is 2.25. The van der Waals surface area contributed by atoms with E-state index in [9.17, 15) is 0 Å². The normalized spacial score (nSPS) is 27.2. The minimum Gasteiger partial charge on any atom is -0.486 e. The Morgan fingerprint density at radius 2 is 2.25 bits per heavy atom. The molecule has 2 unspecified atom stereocenters. The Morgan fingerprint density at radius 3 is 2.95 bits per heavy atom. The molecule has 3 rings (SSSR count). The highest BCUT2D eigenvalue weighted by Crippen LogP contribution is 2.31. The molecule has 5 heteroatoms. The molecule has 0 bridgehead atoms. The van der Waals surface area contributed by atoms with Gasteiger partial charge in [0.25, 0.3) is 0 Å². The van der Waals surface area contributed by atoms with Crippen LogP contribution in [0.3, 0.4) is 0 Å². The van der Waals surface area contributed by atoms with E-state index < -0.39 is 0 Å². The smallest absolute Gasteiger partial charge is 0.138 e. The Kier molecular flexibility index (Phi) is 4.78. The molecule has 1 N–H and O–H groups in total. The van der Waals surface area contributed by atoms with Gasteiger partial charge >= 0.3 is 0 Å². The van der Waals surface area contributed by atoms with Crippen LogP contribution in [0.2, 0.25) is 5.02 Å². The second-order valence-electron chi connectivity index (χ2n) is 5.21. The summed E-state index contributed by atoms with van der Waals surface area (Å²) in [6, 6.07) is 5.91. The van der Waals surface area contributed by atoms with Gasteiger partial charge in [-0.3, -0.25) is 0 Å². The maximum atomic E-state index is 6.33. The molecule has 0 aromatic heterocycles. The van der Waals surface area contributed by atoms with Crippen LogP contribution in [0.15, 0.2) is 18.2 Å². The van der Waals surface area contributed by atoms with Crippen LogP contribution in [0.5, 0.6) is 5.75 Å². The molecule has 0 saturated carbocycles. The first-order chi connectivity index (χ1) is 9.83. The Labute approximate surface area is 124 Å². The molecular weight excluding hydrogens is 278 g/mol. The van der Waals surface area contributed by atoms with Gasteiger partial charge in [-0.1, -0.05) is 17.7 Å². The summed E-state index contributed by atoms with van der Waals surface area (Å²) in [4.78, 5) is 0. The van der Waals surface area contributed by atoms with E-state index in [4.69, 9.17) is 25.8 Å². The van der Waals surface area contributed by atoms with Gasteiger partial charge in [-0.15, -0.1) is 0 Å². The Balaban J connectivity index is 1.66. The van der Waals surface area contributed by atoms with Gasteiger partial charge in [0.1, 0.15) is 11.9 Å². The minimum atomic E-state index is 0.0771. The molecule has 0 spiro atoms. The molecule has 2 heterocycles. The highest BCUT2D eigenvalue weighted by Gasteiger charge is 2.19. The number of morpholine rings is 1. The van der Waals surface area contributed by atoms with E-state index in [0.29, 0.717) is 11.6 Å². The van der Waals surface area contributed by atoms with Crippen molar-refractivity contribution in [2.45, 2.75) is 25.0 Å². The zero-order chi connectivity index (χ0) is 13.8. The molecule has 1 aromatic rings. The van der Waals surface area contributed by atoms with Gasteiger partial charge < -0.3 is 19.5 Å². The van der Waals surface area contributed by atoms with E-state index >= 15 is 0 Å². The first-order valence-corrected chi connectivity index (χ1v) is 7.57. The van der Waals surface area contributed by atoms with Crippen LogP contribution in [-0.4, -0.2) is 39.0 Å². The SMILES string of the molecule is Clc1cc(C2CNCCO2)ccc1OC1CCCOC1. The fourth-order valence-electron chi connectivity index (χ4n) is 2.58. The van der Waals surface area contributed by atoms with Crippen LogP contribution in [-0.2, 0) is 9.47 Å². The van der Waals surface area contributed by atoms with Crippen LogP contribution >= 0.6 is 11.6 Å². The number of halogens is 1. The second-order valence-corrected chi connectivity index (χ2v) is 5.62. The molecule has 20 heavy (non-hydrogen) atoms. The number of benzene rings is 1. The van der Waals surface area contributed by atoms with Crippen LogP contribution < -0.4 is 10.1 Å². The predicted octanol–water partition coefficient (Wildman–Crippen LogP) is 2.56. The van der Waals surface area contributed by atoms with Gasteiger partial charge in [0.05, 0.1) is 24.3 Å². The predicted molar refractivity (Wildman–Crippen MR) is 77.5 cm³/mol. The maximum absolute atomic E-state index is 6.33. The molecule has 0 radical (unpaired) electrons. The van der Waals surface area contributed by atoms with Gasteiger partial charge in [0.15, 0.2) is 0 Å². The number of rotatable bonds is 3. The lowest BCUT2D eigenvalue weighted by Gasteiger charge is -2.26. The minimum absolute atomic E-state index is 0.0771. The Bertz CT molecular complexity index is 443. The molecule has 0 amide bonds. The maximum Gasteiger partial charge on any atom is 0.138 e. The van der Waals surface area contributed by atoms with Crippen molar-refractivity contribution in [1.29, 1.82) is 0 Å². The largest absolute Gasteiger partial charge is 0.486 e. The van der Waals surface area contributed by atoms with Crippen molar-refractivity contribution >= 4 is 11.6 Å². The van der Waals surface area contributed by atoms with Gasteiger partial charge in [-0.2, -0.15) is 0 Å². The molecule has 2 saturated heterocycles. The Hall–Kier alpha value is -0.810. The number of hydrogen-bond donors (Lipinski definition) is 1. The quantitative estimate of drug-likeness (QED) is 0.931. The first kappa shape index (κ1) is 14.1. The molecule has 2 aliphatic heterocycles. The Morgan fingerprint density at radius 1 is 1.30 bits per heavy atom. The standard InChI is InChI=1S/C15H20ClNO3/c16-13-8-11(15-9-17-5-7-19-15)3-4-14(13)20-12-2-1-6-18-10-12/h3-4,8,12,15,17H,1-2,5-7,9-10H2. The van der Waals surface area contributed by atoms with Crippen molar-refractivity contribution < 1.29 is 14.2 Å². The van der Waals surface area contributed by atoms with Gasteiger partial charge in [0, 0.05) is 19.7 Å². The fraction of sp³-hybridized carbons (Fsp3) is 0.600. The molecule has 110 valence electrons. The van der Waals surface area contributed by atoms with Crippen molar-refractivity contribution in [2.75, 3.05) is 32.9 Å². The van der Waals surface area contributed by atoms with Crippen molar-refractivity contribution in [2.24, 2.45) is 0 Å². The van der Waals surface area contributed by atoms with E-state index in [-0.39, 0.29) is 12.2 Å². The number of hydrogen-bond acceptors (Lipinski definition) is 4. The summed E-state index contributed by atoms with van der Waals surface area (Å²) in [5.74, 6) is 0.731. The molecule has 1 aromatic carbocycles. The van der Waals surface area contributed by atoms with E-state index in [0.717, 1.165) is 50.5 Å². The zero-order valence-corrected chi connectivity index (χ0v) is 12.2. The topological polar surface area (TPSA) is 39.7 Å². The molecule has 0 aliphatic carbocycles.